The molecular weight excluding hydrogens is 701 g/mol. The van der Waals surface area contributed by atoms with E-state index in [0.717, 1.165) is 86.4 Å². The van der Waals surface area contributed by atoms with Gasteiger partial charge in [0.15, 0.2) is 5.76 Å². The van der Waals surface area contributed by atoms with Gasteiger partial charge in [0.2, 0.25) is 5.89 Å². The normalized spacial score (nSPS) is 12.6. The van der Waals surface area contributed by atoms with Crippen molar-refractivity contribution in [2.75, 3.05) is 9.80 Å². The van der Waals surface area contributed by atoms with Gasteiger partial charge >= 0.3 is 0 Å². The Morgan fingerprint density at radius 3 is 1.88 bits per heavy atom. The average molecular weight is 747 g/mol. The van der Waals surface area contributed by atoms with Crippen molar-refractivity contribution < 1.29 is 9.15 Å². The number of rotatable bonds is 15. The first kappa shape index (κ1) is 38.1. The van der Waals surface area contributed by atoms with Gasteiger partial charge in [-0.1, -0.05) is 86.0 Å². The molecule has 6 heteroatoms. The number of oxazole rings is 1. The molecule has 1 aromatic heterocycles. The van der Waals surface area contributed by atoms with E-state index in [1.807, 2.05) is 49.4 Å². The summed E-state index contributed by atoms with van der Waals surface area (Å²) in [6.07, 6.45) is 18.0. The second-order valence-electron chi connectivity index (χ2n) is 13.4. The number of allylic oxidation sites excluding steroid dienone is 7. The molecule has 0 unspecified atom stereocenters. The summed E-state index contributed by atoms with van der Waals surface area (Å²) in [6.45, 7) is 16.2. The molecule has 1 aliphatic carbocycles. The number of benzene rings is 5. The molecule has 5 aromatic carbocycles. The number of hydrogen-bond acceptors (Lipinski definition) is 6. The summed E-state index contributed by atoms with van der Waals surface area (Å²) in [5.41, 5.74) is 12.0. The summed E-state index contributed by atoms with van der Waals surface area (Å²) in [5.74, 6) is 2.22. The van der Waals surface area contributed by atoms with Crippen molar-refractivity contribution in [2.45, 2.75) is 33.3 Å². The van der Waals surface area contributed by atoms with Gasteiger partial charge in [-0.25, -0.2) is 4.98 Å². The van der Waals surface area contributed by atoms with Crippen molar-refractivity contribution in [3.63, 3.8) is 0 Å². The van der Waals surface area contributed by atoms with Crippen molar-refractivity contribution in [1.29, 1.82) is 0 Å². The third-order valence-electron chi connectivity index (χ3n) is 9.77. The molecule has 57 heavy (non-hydrogen) atoms. The first-order valence-electron chi connectivity index (χ1n) is 19.1. The second-order valence-corrected chi connectivity index (χ2v) is 13.4. The van der Waals surface area contributed by atoms with Crippen LogP contribution in [0.1, 0.15) is 37.3 Å². The molecule has 1 heterocycles. The van der Waals surface area contributed by atoms with E-state index in [0.29, 0.717) is 18.2 Å². The van der Waals surface area contributed by atoms with Gasteiger partial charge in [0, 0.05) is 39.7 Å². The number of nitrogens with zero attached hydrogens (tertiary/aromatic N) is 4. The lowest BCUT2D eigenvalue weighted by Gasteiger charge is -2.27. The van der Waals surface area contributed by atoms with Gasteiger partial charge in [0.05, 0.1) is 5.69 Å². The van der Waals surface area contributed by atoms with Crippen LogP contribution in [0.2, 0.25) is 0 Å². The number of aromatic nitrogens is 1. The fourth-order valence-corrected chi connectivity index (χ4v) is 6.90. The number of ether oxygens (including phenoxy) is 1. The van der Waals surface area contributed by atoms with Crippen LogP contribution in [0.5, 0.6) is 5.75 Å². The molecule has 7 rings (SSSR count). The van der Waals surface area contributed by atoms with Crippen LogP contribution in [0.3, 0.4) is 0 Å². The fraction of sp³-hybridized carbons (Fsp3) is 0.0980. The van der Waals surface area contributed by atoms with E-state index in [1.54, 1.807) is 6.08 Å². The highest BCUT2D eigenvalue weighted by Gasteiger charge is 2.18. The van der Waals surface area contributed by atoms with Crippen LogP contribution < -0.4 is 14.5 Å². The summed E-state index contributed by atoms with van der Waals surface area (Å²) in [5, 5.41) is 0. The lowest BCUT2D eigenvalue weighted by atomic mass is 10.0. The number of anilines is 4. The first-order chi connectivity index (χ1) is 28.0. The molecule has 0 radical (unpaired) electrons. The summed E-state index contributed by atoms with van der Waals surface area (Å²) in [7, 11) is 0. The number of fused-ring (bicyclic) bond motifs is 1. The Balaban J connectivity index is 1.12. The predicted octanol–water partition coefficient (Wildman–Crippen LogP) is 13.9. The molecule has 0 aliphatic heterocycles. The topological polar surface area (TPSA) is 54.1 Å². The molecule has 0 amide bonds. The molecule has 0 spiro atoms. The minimum Gasteiger partial charge on any atom is -0.487 e. The van der Waals surface area contributed by atoms with Gasteiger partial charge < -0.3 is 19.0 Å². The Morgan fingerprint density at radius 2 is 1.33 bits per heavy atom. The van der Waals surface area contributed by atoms with E-state index >= 15 is 0 Å². The van der Waals surface area contributed by atoms with E-state index < -0.39 is 0 Å². The Bertz CT molecular complexity index is 2470. The summed E-state index contributed by atoms with van der Waals surface area (Å²) in [6, 6.07) is 41.7. The van der Waals surface area contributed by atoms with E-state index in [4.69, 9.17) is 14.1 Å². The van der Waals surface area contributed by atoms with E-state index in [1.165, 1.54) is 0 Å². The van der Waals surface area contributed by atoms with Gasteiger partial charge in [-0.3, -0.25) is 4.99 Å². The predicted molar refractivity (Wildman–Crippen MR) is 239 cm³/mol. The highest BCUT2D eigenvalue weighted by molar-refractivity contribution is 5.77. The lowest BCUT2D eigenvalue weighted by molar-refractivity contribution is 0.307. The molecule has 0 atom stereocenters. The van der Waals surface area contributed by atoms with Crippen molar-refractivity contribution in [2.24, 2.45) is 4.99 Å². The molecule has 0 N–H and O–H groups in total. The highest BCUT2D eigenvalue weighted by Crippen LogP contribution is 2.37. The van der Waals surface area contributed by atoms with Crippen molar-refractivity contribution in [1.82, 2.24) is 4.98 Å². The molecule has 0 saturated heterocycles. The molecule has 0 saturated carbocycles. The Labute approximate surface area is 336 Å². The average Bonchev–Trinajstić information content (AvgIpc) is 3.71. The number of para-hydroxylation sites is 2. The zero-order chi connectivity index (χ0) is 39.6. The van der Waals surface area contributed by atoms with Crippen LogP contribution in [0, 0.1) is 0 Å². The summed E-state index contributed by atoms with van der Waals surface area (Å²) < 4.78 is 12.1. The quantitative estimate of drug-likeness (QED) is 0.0773. The Hall–Kier alpha value is -7.18. The van der Waals surface area contributed by atoms with Gasteiger partial charge in [0.25, 0.3) is 0 Å². The van der Waals surface area contributed by atoms with Gasteiger partial charge in [-0.15, -0.1) is 0 Å². The van der Waals surface area contributed by atoms with Gasteiger partial charge in [-0.2, -0.15) is 0 Å². The molecule has 0 fully saturated rings. The smallest absolute Gasteiger partial charge is 0.226 e. The third-order valence-corrected chi connectivity index (χ3v) is 9.77. The minimum absolute atomic E-state index is 0.412. The number of aliphatic imine (C=N–C) groups is 1. The fourth-order valence-electron chi connectivity index (χ4n) is 6.90. The van der Waals surface area contributed by atoms with E-state index in [-0.39, 0.29) is 0 Å². The van der Waals surface area contributed by atoms with Gasteiger partial charge in [0.1, 0.15) is 18.0 Å². The maximum atomic E-state index is 6.09. The molecule has 0 bridgehead atoms. The monoisotopic (exact) mass is 746 g/mol. The van der Waals surface area contributed by atoms with E-state index in [2.05, 4.69) is 163 Å². The Morgan fingerprint density at radius 1 is 0.754 bits per heavy atom. The van der Waals surface area contributed by atoms with Gasteiger partial charge in [-0.05, 0) is 147 Å². The van der Waals surface area contributed by atoms with Crippen LogP contribution in [0.15, 0.2) is 198 Å². The van der Waals surface area contributed by atoms with Crippen LogP contribution in [-0.4, -0.2) is 11.7 Å². The zero-order valence-electron chi connectivity index (χ0n) is 32.5. The first-order valence-corrected chi connectivity index (χ1v) is 19.1. The SMILES string of the molecule is C=C/C=C(\C=C)N(c1ccc(COc2ccccc2N=C)cc1)c1ccc(-c2ccc(N(C(/C=C\C)=C/C)c3ccc(-c4nc5c(o4)C=CCC5)cc3)cc2)cc1. The maximum Gasteiger partial charge on any atom is 0.226 e. The van der Waals surface area contributed by atoms with Crippen LogP contribution >= 0.6 is 0 Å². The molecule has 282 valence electrons. The zero-order valence-corrected chi connectivity index (χ0v) is 32.5. The van der Waals surface area contributed by atoms with Crippen LogP contribution in [-0.2, 0) is 13.0 Å². The van der Waals surface area contributed by atoms with Crippen LogP contribution in [0.25, 0.3) is 28.7 Å². The van der Waals surface area contributed by atoms with Crippen molar-refractivity contribution in [3.8, 4) is 28.3 Å². The number of aryl methyl sites for hydroxylation is 1. The molecule has 1 aliphatic rings. The third kappa shape index (κ3) is 8.56. The number of hydrogen-bond donors (Lipinski definition) is 0. The van der Waals surface area contributed by atoms with E-state index in [9.17, 15) is 0 Å². The minimum atomic E-state index is 0.412. The maximum absolute atomic E-state index is 6.09. The van der Waals surface area contributed by atoms with Crippen LogP contribution in [0.4, 0.5) is 28.4 Å². The Kier molecular flexibility index (Phi) is 12.0. The molecular formula is C51H46N4O2. The summed E-state index contributed by atoms with van der Waals surface area (Å²) in [4.78, 5) is 13.3. The van der Waals surface area contributed by atoms with Crippen molar-refractivity contribution >= 4 is 41.2 Å². The molecule has 6 nitrogen and oxygen atoms in total. The standard InChI is InChI=1S/C51H46N4O2/c1-6-14-41(8-3)54(43-28-20-37(21-29-43)36-56-49-18-12-10-16-47(49)52-5)44-30-22-38(23-31-44)39-24-32-45(33-25-39)55(42(9-4)15-7-2)46-34-26-40(27-35-46)51-53-48-17-11-13-19-50(48)57-51/h6-10,12-16,18-35H,1,3,5,11,17,36H2,2,4H3/b15-7-,41-14+,42-9+. The lowest BCUT2D eigenvalue weighted by Crippen LogP contribution is -2.15. The highest BCUT2D eigenvalue weighted by atomic mass is 16.5. The second kappa shape index (κ2) is 18.0. The largest absolute Gasteiger partial charge is 0.487 e. The molecule has 6 aromatic rings. The van der Waals surface area contributed by atoms with Crippen molar-refractivity contribution in [3.05, 3.63) is 205 Å². The summed E-state index contributed by atoms with van der Waals surface area (Å²) >= 11 is 0.